The normalized spacial score (nSPS) is 12.4. The minimum absolute atomic E-state index is 0.0828. The van der Waals surface area contributed by atoms with Gasteiger partial charge in [-0.25, -0.2) is 4.79 Å². The predicted molar refractivity (Wildman–Crippen MR) is 70.9 cm³/mol. The molecule has 102 valence electrons. The summed E-state index contributed by atoms with van der Waals surface area (Å²) in [4.78, 5) is 11.4. The third kappa shape index (κ3) is 1.98. The van der Waals surface area contributed by atoms with Crippen LogP contribution in [-0.2, 0) is 6.61 Å². The van der Waals surface area contributed by atoms with Crippen molar-refractivity contribution in [2.45, 2.75) is 6.61 Å². The van der Waals surface area contributed by atoms with E-state index in [1.54, 1.807) is 30.3 Å². The molecule has 3 rings (SSSR count). The molecule has 5 nitrogen and oxygen atoms in total. The Balaban J connectivity index is 2.24. The van der Waals surface area contributed by atoms with Crippen LogP contribution in [-0.4, -0.2) is 23.0 Å². The van der Waals surface area contributed by atoms with Crippen LogP contribution in [0.3, 0.4) is 0 Å². The van der Waals surface area contributed by atoms with Gasteiger partial charge in [0.25, 0.3) is 0 Å². The topological polar surface area (TPSA) is 76.0 Å². The van der Waals surface area contributed by atoms with Gasteiger partial charge in [0.2, 0.25) is 6.79 Å². The van der Waals surface area contributed by atoms with Crippen LogP contribution in [0, 0.1) is 0 Å². The van der Waals surface area contributed by atoms with Gasteiger partial charge < -0.3 is 19.7 Å². The molecule has 0 amide bonds. The average molecular weight is 272 g/mol. The summed E-state index contributed by atoms with van der Waals surface area (Å²) >= 11 is 0. The summed E-state index contributed by atoms with van der Waals surface area (Å²) in [6.07, 6.45) is 0. The summed E-state index contributed by atoms with van der Waals surface area (Å²) in [6, 6.07) is 10.2. The number of aliphatic hydroxyl groups is 1. The molecular weight excluding hydrogens is 260 g/mol. The summed E-state index contributed by atoms with van der Waals surface area (Å²) in [7, 11) is 0. The fourth-order valence-corrected chi connectivity index (χ4v) is 2.26. The van der Waals surface area contributed by atoms with Crippen molar-refractivity contribution in [3.05, 3.63) is 47.5 Å². The zero-order valence-electron chi connectivity index (χ0n) is 10.5. The van der Waals surface area contributed by atoms with E-state index in [1.807, 2.05) is 0 Å². The lowest BCUT2D eigenvalue weighted by molar-refractivity contribution is 0.0697. The number of aliphatic hydroxyl groups excluding tert-OH is 1. The largest absolute Gasteiger partial charge is 0.478 e. The second-order valence-electron chi connectivity index (χ2n) is 4.37. The smallest absolute Gasteiger partial charge is 0.336 e. The first-order valence-electron chi connectivity index (χ1n) is 6.07. The van der Waals surface area contributed by atoms with Crippen LogP contribution < -0.4 is 9.47 Å². The summed E-state index contributed by atoms with van der Waals surface area (Å²) in [5, 5.41) is 18.8. The van der Waals surface area contributed by atoms with E-state index in [0.717, 1.165) is 0 Å². The van der Waals surface area contributed by atoms with E-state index in [9.17, 15) is 15.0 Å². The Morgan fingerprint density at radius 2 is 1.80 bits per heavy atom. The zero-order valence-corrected chi connectivity index (χ0v) is 10.5. The van der Waals surface area contributed by atoms with Crippen molar-refractivity contribution in [1.29, 1.82) is 0 Å². The molecule has 0 bridgehead atoms. The summed E-state index contributed by atoms with van der Waals surface area (Å²) in [5.74, 6) is -0.114. The molecule has 2 N–H and O–H groups in total. The van der Waals surface area contributed by atoms with Gasteiger partial charge in [0.15, 0.2) is 11.5 Å². The molecule has 0 radical (unpaired) electrons. The van der Waals surface area contributed by atoms with E-state index >= 15 is 0 Å². The number of carboxylic acids is 1. The lowest BCUT2D eigenvalue weighted by Crippen LogP contribution is -2.01. The Kier molecular flexibility index (Phi) is 3.04. The van der Waals surface area contributed by atoms with Gasteiger partial charge in [-0.3, -0.25) is 0 Å². The number of aromatic carboxylic acids is 1. The molecule has 0 saturated heterocycles. The minimum atomic E-state index is -1.05. The van der Waals surface area contributed by atoms with Crippen LogP contribution in [0.4, 0.5) is 0 Å². The van der Waals surface area contributed by atoms with Crippen LogP contribution in [0.1, 0.15) is 15.9 Å². The molecule has 2 aromatic carbocycles. The molecule has 0 aliphatic carbocycles. The highest BCUT2D eigenvalue weighted by Gasteiger charge is 2.22. The molecule has 1 aliphatic rings. The summed E-state index contributed by atoms with van der Waals surface area (Å²) in [5.41, 5.74) is 1.96. The van der Waals surface area contributed by atoms with Crippen LogP contribution in [0.2, 0.25) is 0 Å². The van der Waals surface area contributed by atoms with Crippen molar-refractivity contribution in [2.24, 2.45) is 0 Å². The van der Waals surface area contributed by atoms with Gasteiger partial charge in [0.1, 0.15) is 0 Å². The standard InChI is InChI=1S/C15H12O5/c16-7-9-3-1-2-4-10(9)11-5-13-14(20-8-19-13)6-12(11)15(17)18/h1-6,16H,7-8H2,(H,17,18). The van der Waals surface area contributed by atoms with Crippen LogP contribution >= 0.6 is 0 Å². The lowest BCUT2D eigenvalue weighted by atomic mass is 9.95. The van der Waals surface area contributed by atoms with Crippen molar-refractivity contribution in [2.75, 3.05) is 6.79 Å². The first-order chi connectivity index (χ1) is 9.70. The average Bonchev–Trinajstić information content (AvgIpc) is 2.93. The minimum Gasteiger partial charge on any atom is -0.478 e. The van der Waals surface area contributed by atoms with E-state index in [1.165, 1.54) is 6.07 Å². The molecule has 20 heavy (non-hydrogen) atoms. The van der Waals surface area contributed by atoms with Crippen molar-refractivity contribution in [3.63, 3.8) is 0 Å². The fraction of sp³-hybridized carbons (Fsp3) is 0.133. The third-order valence-electron chi connectivity index (χ3n) is 3.22. The summed E-state index contributed by atoms with van der Waals surface area (Å²) in [6.45, 7) is -0.0802. The monoisotopic (exact) mass is 272 g/mol. The van der Waals surface area contributed by atoms with Gasteiger partial charge in [-0.1, -0.05) is 24.3 Å². The molecule has 0 aromatic heterocycles. The molecule has 1 heterocycles. The number of hydrogen-bond acceptors (Lipinski definition) is 4. The Hall–Kier alpha value is -2.53. The predicted octanol–water partition coefficient (Wildman–Crippen LogP) is 2.27. The van der Waals surface area contributed by atoms with Gasteiger partial charge in [-0.05, 0) is 23.3 Å². The van der Waals surface area contributed by atoms with Gasteiger partial charge >= 0.3 is 5.97 Å². The Labute approximate surface area is 115 Å². The van der Waals surface area contributed by atoms with Crippen LogP contribution in [0.15, 0.2) is 36.4 Å². The Bertz CT molecular complexity index is 678. The van der Waals surface area contributed by atoms with Crippen molar-refractivity contribution in [1.82, 2.24) is 0 Å². The first kappa shape index (κ1) is 12.5. The van der Waals surface area contributed by atoms with Crippen molar-refractivity contribution >= 4 is 5.97 Å². The van der Waals surface area contributed by atoms with E-state index in [0.29, 0.717) is 28.2 Å². The SMILES string of the molecule is O=C(O)c1cc2c(cc1-c1ccccc1CO)OCO2. The Morgan fingerprint density at radius 1 is 1.10 bits per heavy atom. The maximum Gasteiger partial charge on any atom is 0.336 e. The van der Waals surface area contributed by atoms with Crippen LogP contribution in [0.25, 0.3) is 11.1 Å². The molecule has 0 unspecified atom stereocenters. The molecular formula is C15H12O5. The molecule has 0 spiro atoms. The van der Waals surface area contributed by atoms with E-state index in [2.05, 4.69) is 0 Å². The van der Waals surface area contributed by atoms with Crippen molar-refractivity contribution < 1.29 is 24.5 Å². The number of benzene rings is 2. The maximum absolute atomic E-state index is 11.4. The highest BCUT2D eigenvalue weighted by molar-refractivity contribution is 5.97. The second-order valence-corrected chi connectivity index (χ2v) is 4.37. The number of fused-ring (bicyclic) bond motifs is 1. The number of hydrogen-bond donors (Lipinski definition) is 2. The number of rotatable bonds is 3. The number of carbonyl (C=O) groups is 1. The molecule has 5 heteroatoms. The van der Waals surface area contributed by atoms with E-state index in [4.69, 9.17) is 9.47 Å². The number of carboxylic acid groups (broad SMARTS) is 1. The molecule has 0 atom stereocenters. The maximum atomic E-state index is 11.4. The third-order valence-corrected chi connectivity index (χ3v) is 3.22. The van der Waals surface area contributed by atoms with Crippen LogP contribution in [0.5, 0.6) is 11.5 Å². The lowest BCUT2D eigenvalue weighted by Gasteiger charge is -2.11. The fourth-order valence-electron chi connectivity index (χ4n) is 2.26. The molecule has 2 aromatic rings. The molecule has 1 aliphatic heterocycles. The highest BCUT2D eigenvalue weighted by atomic mass is 16.7. The van der Waals surface area contributed by atoms with Gasteiger partial charge in [0, 0.05) is 5.56 Å². The number of ether oxygens (including phenoxy) is 2. The van der Waals surface area contributed by atoms with Gasteiger partial charge in [-0.2, -0.15) is 0 Å². The Morgan fingerprint density at radius 3 is 2.50 bits per heavy atom. The summed E-state index contributed by atoms with van der Waals surface area (Å²) < 4.78 is 10.5. The van der Waals surface area contributed by atoms with Crippen molar-refractivity contribution in [3.8, 4) is 22.6 Å². The zero-order chi connectivity index (χ0) is 14.1. The highest BCUT2D eigenvalue weighted by Crippen LogP contribution is 2.39. The first-order valence-corrected chi connectivity index (χ1v) is 6.07. The van der Waals surface area contributed by atoms with E-state index < -0.39 is 5.97 Å². The molecule has 0 fully saturated rings. The van der Waals surface area contributed by atoms with Gasteiger partial charge in [-0.15, -0.1) is 0 Å². The van der Waals surface area contributed by atoms with E-state index in [-0.39, 0.29) is 19.0 Å². The molecule has 0 saturated carbocycles. The van der Waals surface area contributed by atoms with Gasteiger partial charge in [0.05, 0.1) is 12.2 Å². The quantitative estimate of drug-likeness (QED) is 0.896. The second kappa shape index (κ2) is 4.86.